The van der Waals surface area contributed by atoms with E-state index in [0.29, 0.717) is 16.1 Å². The molecule has 0 aliphatic rings. The fourth-order valence-corrected chi connectivity index (χ4v) is 3.76. The van der Waals surface area contributed by atoms with Gasteiger partial charge in [-0.3, -0.25) is 9.36 Å². The van der Waals surface area contributed by atoms with Crippen LogP contribution < -0.4 is 11.2 Å². The van der Waals surface area contributed by atoms with Crippen molar-refractivity contribution in [2.75, 3.05) is 0 Å². The van der Waals surface area contributed by atoms with Gasteiger partial charge in [0, 0.05) is 18.7 Å². The van der Waals surface area contributed by atoms with Gasteiger partial charge in [0.05, 0.1) is 22.1 Å². The zero-order chi connectivity index (χ0) is 22.4. The summed E-state index contributed by atoms with van der Waals surface area (Å²) in [4.78, 5) is 30.5. The molecule has 0 radical (unpaired) electrons. The maximum absolute atomic E-state index is 14.6. The summed E-state index contributed by atoms with van der Waals surface area (Å²) in [6, 6.07) is 7.38. The van der Waals surface area contributed by atoms with Crippen molar-refractivity contribution >= 4 is 34.4 Å². The average molecular weight is 465 g/mol. The minimum absolute atomic E-state index is 0.0301. The van der Waals surface area contributed by atoms with Crippen molar-refractivity contribution < 1.29 is 8.78 Å². The topological polar surface area (TPSA) is 61.8 Å². The number of benzene rings is 2. The van der Waals surface area contributed by atoms with Gasteiger partial charge in [-0.15, -0.1) is 0 Å². The highest BCUT2D eigenvalue weighted by atomic mass is 35.5. The molecule has 0 spiro atoms. The molecule has 4 aromatic rings. The van der Waals surface area contributed by atoms with E-state index in [4.69, 9.17) is 23.2 Å². The van der Waals surface area contributed by atoms with Gasteiger partial charge in [0.1, 0.15) is 11.6 Å². The fraction of sp³-hybridized carbons (Fsp3) is 0.190. The van der Waals surface area contributed by atoms with Crippen molar-refractivity contribution in [2.24, 2.45) is 0 Å². The minimum atomic E-state index is -0.948. The van der Waals surface area contributed by atoms with E-state index in [-0.39, 0.29) is 23.4 Å². The number of nitrogens with zero attached hydrogens (tertiary/aromatic N) is 4. The standard InChI is InChI=1S/C21H16Cl2F2N4O2/c1-11(2)28-20(30)18-19(29(21(28)31)17-6-4-13(24)8-16(17)25)26-10-27(18)9-12-3-5-14(22)15(23)7-12/h3-8,10-11H,9H2,1-2H3. The van der Waals surface area contributed by atoms with Crippen LogP contribution >= 0.6 is 23.2 Å². The number of hydrogen-bond acceptors (Lipinski definition) is 3. The molecule has 0 fully saturated rings. The van der Waals surface area contributed by atoms with Gasteiger partial charge >= 0.3 is 5.69 Å². The maximum Gasteiger partial charge on any atom is 0.337 e. The molecule has 0 aliphatic carbocycles. The van der Waals surface area contributed by atoms with Crippen molar-refractivity contribution in [3.05, 3.63) is 90.8 Å². The third-order valence-corrected chi connectivity index (χ3v) is 5.59. The van der Waals surface area contributed by atoms with Crippen LogP contribution in [-0.2, 0) is 6.54 Å². The third kappa shape index (κ3) is 3.66. The highest BCUT2D eigenvalue weighted by Gasteiger charge is 2.22. The zero-order valence-electron chi connectivity index (χ0n) is 16.4. The lowest BCUT2D eigenvalue weighted by Crippen LogP contribution is -2.41. The molecule has 0 unspecified atom stereocenters. The summed E-state index contributed by atoms with van der Waals surface area (Å²) >= 11 is 12.1. The van der Waals surface area contributed by atoms with Crippen LogP contribution in [0.5, 0.6) is 0 Å². The molecule has 0 N–H and O–H groups in total. The van der Waals surface area contributed by atoms with E-state index < -0.39 is 28.9 Å². The monoisotopic (exact) mass is 464 g/mol. The smallest absolute Gasteiger partial charge is 0.320 e. The van der Waals surface area contributed by atoms with E-state index in [1.54, 1.807) is 36.6 Å². The molecule has 2 heterocycles. The molecular formula is C21H16Cl2F2N4O2. The zero-order valence-corrected chi connectivity index (χ0v) is 18.0. The molecule has 6 nitrogen and oxygen atoms in total. The lowest BCUT2D eigenvalue weighted by atomic mass is 10.2. The molecule has 0 bridgehead atoms. The van der Waals surface area contributed by atoms with Gasteiger partial charge in [0.2, 0.25) is 0 Å². The van der Waals surface area contributed by atoms with E-state index >= 15 is 0 Å². The van der Waals surface area contributed by atoms with Crippen LogP contribution in [0.15, 0.2) is 52.3 Å². The Labute approximate surface area is 184 Å². The first-order valence-electron chi connectivity index (χ1n) is 9.30. The SMILES string of the molecule is CC(C)n1c(=O)c2c(ncn2Cc2ccc(Cl)c(Cl)c2)n(-c2ccc(F)cc2F)c1=O. The normalized spacial score (nSPS) is 11.6. The summed E-state index contributed by atoms with van der Waals surface area (Å²) in [7, 11) is 0. The predicted octanol–water partition coefficient (Wildman–Crippen LogP) is 4.56. The van der Waals surface area contributed by atoms with Gasteiger partial charge < -0.3 is 4.57 Å². The van der Waals surface area contributed by atoms with Gasteiger partial charge in [0.25, 0.3) is 5.56 Å². The highest BCUT2D eigenvalue weighted by Crippen LogP contribution is 2.24. The molecule has 160 valence electrons. The Hall–Kier alpha value is -2.97. The highest BCUT2D eigenvalue weighted by molar-refractivity contribution is 6.42. The maximum atomic E-state index is 14.6. The van der Waals surface area contributed by atoms with Gasteiger partial charge in [0.15, 0.2) is 11.2 Å². The van der Waals surface area contributed by atoms with E-state index in [0.717, 1.165) is 26.8 Å². The van der Waals surface area contributed by atoms with E-state index in [2.05, 4.69) is 4.98 Å². The van der Waals surface area contributed by atoms with Gasteiger partial charge in [-0.05, 0) is 43.7 Å². The summed E-state index contributed by atoms with van der Waals surface area (Å²) < 4.78 is 31.5. The fourth-order valence-electron chi connectivity index (χ4n) is 3.44. The molecule has 0 aliphatic heterocycles. The van der Waals surface area contributed by atoms with Crippen LogP contribution in [0.4, 0.5) is 8.78 Å². The van der Waals surface area contributed by atoms with Crippen LogP contribution in [0.25, 0.3) is 16.9 Å². The molecule has 4 rings (SSSR count). The van der Waals surface area contributed by atoms with Crippen molar-refractivity contribution in [3.63, 3.8) is 0 Å². The molecule has 10 heteroatoms. The Morgan fingerprint density at radius 2 is 1.77 bits per heavy atom. The molecule has 0 amide bonds. The first kappa shape index (κ1) is 21.3. The van der Waals surface area contributed by atoms with E-state index in [9.17, 15) is 18.4 Å². The van der Waals surface area contributed by atoms with Crippen molar-refractivity contribution in [3.8, 4) is 5.69 Å². The summed E-state index contributed by atoms with van der Waals surface area (Å²) in [6.45, 7) is 3.55. The number of halogens is 4. The van der Waals surface area contributed by atoms with Crippen molar-refractivity contribution in [1.82, 2.24) is 18.7 Å². The van der Waals surface area contributed by atoms with Crippen LogP contribution in [-0.4, -0.2) is 18.7 Å². The molecular weight excluding hydrogens is 449 g/mol. The Kier molecular flexibility index (Phi) is 5.45. The number of fused-ring (bicyclic) bond motifs is 1. The molecule has 0 atom stereocenters. The Balaban J connectivity index is 2.02. The quantitative estimate of drug-likeness (QED) is 0.444. The summed E-state index contributed by atoms with van der Waals surface area (Å²) in [5.41, 5.74) is -0.717. The summed E-state index contributed by atoms with van der Waals surface area (Å²) in [5.74, 6) is -1.73. The average Bonchev–Trinajstić information content (AvgIpc) is 3.09. The second kappa shape index (κ2) is 7.94. The van der Waals surface area contributed by atoms with Gasteiger partial charge in [-0.1, -0.05) is 29.3 Å². The third-order valence-electron chi connectivity index (χ3n) is 4.85. The van der Waals surface area contributed by atoms with E-state index in [1.165, 1.54) is 6.33 Å². The lowest BCUT2D eigenvalue weighted by molar-refractivity contribution is 0.531. The van der Waals surface area contributed by atoms with Crippen LogP contribution in [0.1, 0.15) is 25.5 Å². The van der Waals surface area contributed by atoms with Gasteiger partial charge in [-0.2, -0.15) is 0 Å². The van der Waals surface area contributed by atoms with Crippen LogP contribution in [0.3, 0.4) is 0 Å². The number of hydrogen-bond donors (Lipinski definition) is 0. The first-order chi connectivity index (χ1) is 14.7. The summed E-state index contributed by atoms with van der Waals surface area (Å²) in [6.07, 6.45) is 1.39. The second-order valence-corrected chi connectivity index (χ2v) is 8.09. The predicted molar refractivity (Wildman–Crippen MR) is 115 cm³/mol. The van der Waals surface area contributed by atoms with Crippen LogP contribution in [0, 0.1) is 11.6 Å². The number of imidazole rings is 1. The largest absolute Gasteiger partial charge is 0.337 e. The second-order valence-electron chi connectivity index (χ2n) is 7.28. The molecule has 31 heavy (non-hydrogen) atoms. The molecule has 2 aromatic carbocycles. The van der Waals surface area contributed by atoms with Crippen LogP contribution in [0.2, 0.25) is 10.0 Å². The van der Waals surface area contributed by atoms with Crippen molar-refractivity contribution in [2.45, 2.75) is 26.4 Å². The Morgan fingerprint density at radius 1 is 1.03 bits per heavy atom. The minimum Gasteiger partial charge on any atom is -0.320 e. The number of rotatable bonds is 4. The molecule has 0 saturated carbocycles. The molecule has 0 saturated heterocycles. The Morgan fingerprint density at radius 3 is 2.42 bits per heavy atom. The summed E-state index contributed by atoms with van der Waals surface area (Å²) in [5, 5.41) is 0.747. The van der Waals surface area contributed by atoms with E-state index in [1.807, 2.05) is 0 Å². The number of aromatic nitrogens is 4. The molecule has 2 aromatic heterocycles. The first-order valence-corrected chi connectivity index (χ1v) is 10.1. The Bertz CT molecular complexity index is 1440. The lowest BCUT2D eigenvalue weighted by Gasteiger charge is -2.15. The van der Waals surface area contributed by atoms with Gasteiger partial charge in [-0.25, -0.2) is 23.1 Å². The van der Waals surface area contributed by atoms with Crippen molar-refractivity contribution in [1.29, 1.82) is 0 Å².